The Hall–Kier alpha value is -5.50. The van der Waals surface area contributed by atoms with Crippen LogP contribution in [0.3, 0.4) is 0 Å². The Morgan fingerprint density at radius 2 is 1.56 bits per heavy atom. The van der Waals surface area contributed by atoms with Gasteiger partial charge < -0.3 is 5.32 Å². The molecule has 1 aromatic heterocycles. The van der Waals surface area contributed by atoms with E-state index >= 15 is 0 Å². The van der Waals surface area contributed by atoms with Gasteiger partial charge in [-0.25, -0.2) is 4.99 Å². The molecule has 9 rings (SSSR count). The Kier molecular flexibility index (Phi) is 8.25. The zero-order valence-electron chi connectivity index (χ0n) is 30.5. The van der Waals surface area contributed by atoms with E-state index < -0.39 is 0 Å². The normalized spacial score (nSPS) is 26.3. The summed E-state index contributed by atoms with van der Waals surface area (Å²) in [5.41, 5.74) is 22.2. The third-order valence-corrected chi connectivity index (χ3v) is 11.7. The molecule has 52 heavy (non-hydrogen) atoms. The SMILES string of the molecule is CC1C=CC2=C(C1)C(C1=N/C(c3ccc(-c4ccccn4)cc3)=C=CN/C(c3cc4c(c5c3C=CCC5C)C=CC(C)C4)=C\1)C(C)c1ccccc12. The molecular formula is C49H45N3. The smallest absolute Gasteiger partial charge is 0.114 e. The van der Waals surface area contributed by atoms with Crippen LogP contribution in [0.5, 0.6) is 0 Å². The Balaban J connectivity index is 1.24. The Morgan fingerprint density at radius 1 is 0.769 bits per heavy atom. The van der Waals surface area contributed by atoms with Crippen molar-refractivity contribution < 1.29 is 0 Å². The molecule has 0 saturated carbocycles. The molecule has 256 valence electrons. The van der Waals surface area contributed by atoms with Crippen LogP contribution < -0.4 is 5.32 Å². The van der Waals surface area contributed by atoms with E-state index in [4.69, 9.17) is 4.99 Å². The minimum atomic E-state index is 0.114. The molecule has 0 radical (unpaired) electrons. The summed E-state index contributed by atoms with van der Waals surface area (Å²) in [5, 5.41) is 3.77. The van der Waals surface area contributed by atoms with Crippen LogP contribution >= 0.6 is 0 Å². The van der Waals surface area contributed by atoms with Gasteiger partial charge in [-0.15, -0.1) is 0 Å². The first kappa shape index (κ1) is 32.4. The largest absolute Gasteiger partial charge is 0.355 e. The first-order valence-electron chi connectivity index (χ1n) is 19.0. The number of allylic oxidation sites excluding steroid dienone is 7. The monoisotopic (exact) mass is 675 g/mol. The van der Waals surface area contributed by atoms with Gasteiger partial charge in [0.1, 0.15) is 5.70 Å². The number of aliphatic imine (C=N–C) groups is 1. The fraction of sp³-hybridized carbons (Fsp3) is 0.245. The molecular weight excluding hydrogens is 631 g/mol. The van der Waals surface area contributed by atoms with Gasteiger partial charge in [0.2, 0.25) is 0 Å². The molecule has 0 amide bonds. The van der Waals surface area contributed by atoms with Crippen molar-refractivity contribution in [3.63, 3.8) is 0 Å². The number of aromatic nitrogens is 1. The van der Waals surface area contributed by atoms with Gasteiger partial charge in [-0.3, -0.25) is 4.98 Å². The summed E-state index contributed by atoms with van der Waals surface area (Å²) in [5.74, 6) is 1.82. The summed E-state index contributed by atoms with van der Waals surface area (Å²) >= 11 is 0. The molecule has 0 saturated heterocycles. The fourth-order valence-corrected chi connectivity index (χ4v) is 9.14. The molecule has 4 aromatic rings. The molecule has 5 atom stereocenters. The maximum atomic E-state index is 5.65. The average Bonchev–Trinajstić information content (AvgIpc) is 3.16. The summed E-state index contributed by atoms with van der Waals surface area (Å²) in [6.07, 6.45) is 23.6. The molecule has 0 spiro atoms. The first-order valence-corrected chi connectivity index (χ1v) is 19.0. The molecule has 5 unspecified atom stereocenters. The molecule has 1 N–H and O–H groups in total. The maximum Gasteiger partial charge on any atom is 0.114 e. The van der Waals surface area contributed by atoms with Crippen molar-refractivity contribution >= 4 is 34.8 Å². The number of pyridine rings is 1. The van der Waals surface area contributed by atoms with E-state index in [1.807, 2.05) is 24.5 Å². The number of hydrogen-bond donors (Lipinski definition) is 1. The molecule has 3 heteroatoms. The number of nitrogens with zero attached hydrogens (tertiary/aromatic N) is 2. The predicted octanol–water partition coefficient (Wildman–Crippen LogP) is 11.8. The molecule has 3 nitrogen and oxygen atoms in total. The lowest BCUT2D eigenvalue weighted by molar-refractivity contribution is 0.575. The zero-order chi connectivity index (χ0) is 35.3. The minimum absolute atomic E-state index is 0.114. The minimum Gasteiger partial charge on any atom is -0.355 e. The summed E-state index contributed by atoms with van der Waals surface area (Å²) in [4.78, 5) is 10.2. The van der Waals surface area contributed by atoms with Crippen LogP contribution in [-0.2, 0) is 6.42 Å². The Morgan fingerprint density at radius 3 is 2.40 bits per heavy atom. The Bertz CT molecular complexity index is 2340. The van der Waals surface area contributed by atoms with Crippen LogP contribution in [0, 0.1) is 17.8 Å². The predicted molar refractivity (Wildman–Crippen MR) is 218 cm³/mol. The van der Waals surface area contributed by atoms with Crippen LogP contribution in [0.1, 0.15) is 96.9 Å². The number of nitrogens with one attached hydrogen (secondary N) is 1. The number of rotatable bonds is 4. The summed E-state index contributed by atoms with van der Waals surface area (Å²) < 4.78 is 0. The molecule has 5 aliphatic rings. The fourth-order valence-electron chi connectivity index (χ4n) is 9.14. The van der Waals surface area contributed by atoms with Crippen LogP contribution in [0.2, 0.25) is 0 Å². The Labute approximate surface area is 308 Å². The van der Waals surface area contributed by atoms with Crippen LogP contribution in [0.25, 0.3) is 40.4 Å². The highest BCUT2D eigenvalue weighted by molar-refractivity contribution is 6.09. The standard InChI is InChI=1S/C49H45N3/c1-30-15-21-38-36(26-30)28-42(41-13-9-10-32(3)48(38)41)46-29-47(49-33(4)37-11-5-6-12-39(37)40-22-16-31(2)27-43(40)49)52-45(23-25-51-46)35-19-17-34(18-20-35)44-14-7-8-24-50-44/h5-9,11-22,24-25,28-33,49,51H,10,26-27H2,1-4H3/b46-29-,52-47+. The highest BCUT2D eigenvalue weighted by atomic mass is 14.9. The van der Waals surface area contributed by atoms with Gasteiger partial charge in [0.15, 0.2) is 0 Å². The average molecular weight is 676 g/mol. The number of hydrogen-bond acceptors (Lipinski definition) is 3. The van der Waals surface area contributed by atoms with Gasteiger partial charge >= 0.3 is 0 Å². The van der Waals surface area contributed by atoms with Crippen molar-refractivity contribution in [1.29, 1.82) is 0 Å². The van der Waals surface area contributed by atoms with Crippen molar-refractivity contribution in [2.75, 3.05) is 0 Å². The van der Waals surface area contributed by atoms with E-state index in [2.05, 4.69) is 147 Å². The second-order valence-electron chi connectivity index (χ2n) is 15.4. The molecule has 0 bridgehead atoms. The topological polar surface area (TPSA) is 37.3 Å². The van der Waals surface area contributed by atoms with Crippen molar-refractivity contribution in [3.8, 4) is 11.3 Å². The van der Waals surface area contributed by atoms with E-state index in [9.17, 15) is 0 Å². The lowest BCUT2D eigenvalue weighted by atomic mass is 9.66. The molecule has 0 fully saturated rings. The molecule has 3 aromatic carbocycles. The third-order valence-electron chi connectivity index (χ3n) is 11.7. The maximum absolute atomic E-state index is 5.65. The lowest BCUT2D eigenvalue weighted by Crippen LogP contribution is -2.29. The van der Waals surface area contributed by atoms with Crippen LogP contribution in [0.4, 0.5) is 0 Å². The van der Waals surface area contributed by atoms with E-state index in [-0.39, 0.29) is 11.8 Å². The second-order valence-corrected chi connectivity index (χ2v) is 15.4. The molecule has 4 aliphatic carbocycles. The van der Waals surface area contributed by atoms with E-state index in [1.54, 1.807) is 0 Å². The van der Waals surface area contributed by atoms with Crippen LogP contribution in [-0.4, -0.2) is 10.7 Å². The van der Waals surface area contributed by atoms with Gasteiger partial charge in [-0.1, -0.05) is 130 Å². The van der Waals surface area contributed by atoms with E-state index in [0.717, 1.165) is 53.2 Å². The van der Waals surface area contributed by atoms with Crippen molar-refractivity contribution in [3.05, 3.63) is 171 Å². The summed E-state index contributed by atoms with van der Waals surface area (Å²) in [6, 6.07) is 26.1. The summed E-state index contributed by atoms with van der Waals surface area (Å²) in [6.45, 7) is 9.44. The van der Waals surface area contributed by atoms with Gasteiger partial charge in [0, 0.05) is 40.7 Å². The second kappa shape index (κ2) is 13.2. The summed E-state index contributed by atoms with van der Waals surface area (Å²) in [7, 11) is 0. The van der Waals surface area contributed by atoms with Crippen molar-refractivity contribution in [1.82, 2.24) is 10.3 Å². The lowest BCUT2D eigenvalue weighted by Gasteiger charge is -2.38. The highest BCUT2D eigenvalue weighted by Crippen LogP contribution is 2.49. The highest BCUT2D eigenvalue weighted by Gasteiger charge is 2.37. The third kappa shape index (κ3) is 5.70. The van der Waals surface area contributed by atoms with Gasteiger partial charge in [0.05, 0.1) is 11.4 Å². The van der Waals surface area contributed by atoms with Crippen LogP contribution in [0.15, 0.2) is 132 Å². The van der Waals surface area contributed by atoms with E-state index in [1.165, 1.54) is 50.1 Å². The number of fused-ring (bicyclic) bond motifs is 5. The van der Waals surface area contributed by atoms with Gasteiger partial charge in [-0.2, -0.15) is 0 Å². The van der Waals surface area contributed by atoms with Gasteiger partial charge in [-0.05, 0) is 106 Å². The number of benzene rings is 3. The zero-order valence-corrected chi connectivity index (χ0v) is 30.5. The van der Waals surface area contributed by atoms with Crippen molar-refractivity contribution in [2.24, 2.45) is 22.7 Å². The molecule has 2 heterocycles. The van der Waals surface area contributed by atoms with Crippen molar-refractivity contribution in [2.45, 2.75) is 58.8 Å². The quantitative estimate of drug-likeness (QED) is 0.219. The van der Waals surface area contributed by atoms with Gasteiger partial charge in [0.25, 0.3) is 0 Å². The van der Waals surface area contributed by atoms with E-state index in [0.29, 0.717) is 17.8 Å². The molecule has 1 aliphatic heterocycles. The first-order chi connectivity index (χ1) is 25.4.